The molecular weight excluding hydrogens is 462 g/mol. The van der Waals surface area contributed by atoms with Gasteiger partial charge in [0, 0.05) is 12.5 Å². The number of ether oxygens (including phenoxy) is 2. The van der Waals surface area contributed by atoms with Crippen molar-refractivity contribution in [2.24, 2.45) is 0 Å². The van der Waals surface area contributed by atoms with Crippen molar-refractivity contribution in [2.75, 3.05) is 19.7 Å². The van der Waals surface area contributed by atoms with Gasteiger partial charge in [0.05, 0.1) is 25.9 Å². The summed E-state index contributed by atoms with van der Waals surface area (Å²) in [5.41, 5.74) is 3.57. The molecule has 1 aliphatic rings. The van der Waals surface area contributed by atoms with Crippen LogP contribution < -0.4 is 4.74 Å². The normalized spacial score (nSPS) is 17.6. The number of aryl methyl sites for hydroxylation is 1. The number of nitrogens with zero attached hydrogens (tertiary/aromatic N) is 1. The summed E-state index contributed by atoms with van der Waals surface area (Å²) in [7, 11) is 0. The number of hydrogen-bond donors (Lipinski definition) is 1. The summed E-state index contributed by atoms with van der Waals surface area (Å²) in [6, 6.07) is 33.3. The summed E-state index contributed by atoms with van der Waals surface area (Å²) >= 11 is 0. The first-order valence-corrected chi connectivity index (χ1v) is 13.0. The van der Waals surface area contributed by atoms with E-state index in [2.05, 4.69) is 66.7 Å². The third kappa shape index (κ3) is 6.49. The molecular formula is C32H33NO4. The Labute approximate surface area is 218 Å². The molecule has 0 radical (unpaired) electrons. The number of hydrogen-bond acceptors (Lipinski definition) is 3. The van der Waals surface area contributed by atoms with E-state index in [4.69, 9.17) is 9.47 Å². The molecule has 37 heavy (non-hydrogen) atoms. The van der Waals surface area contributed by atoms with E-state index in [0.29, 0.717) is 26.3 Å². The Balaban J connectivity index is 1.21. The van der Waals surface area contributed by atoms with Crippen LogP contribution in [0.2, 0.25) is 0 Å². The van der Waals surface area contributed by atoms with Crippen molar-refractivity contribution in [2.45, 2.75) is 37.9 Å². The highest BCUT2D eigenvalue weighted by molar-refractivity contribution is 5.82. The fraction of sp³-hybridized carbons (Fsp3) is 0.281. The molecule has 5 heteroatoms. The highest BCUT2D eigenvalue weighted by Gasteiger charge is 2.33. The number of fused-ring (bicyclic) bond motifs is 1. The molecule has 1 saturated heterocycles. The molecule has 2 unspecified atom stereocenters. The Morgan fingerprint density at radius 3 is 2.41 bits per heavy atom. The molecule has 0 spiro atoms. The second-order valence-corrected chi connectivity index (χ2v) is 9.66. The third-order valence-corrected chi connectivity index (χ3v) is 7.14. The predicted octanol–water partition coefficient (Wildman–Crippen LogP) is 6.90. The van der Waals surface area contributed by atoms with Gasteiger partial charge in [-0.2, -0.15) is 0 Å². The number of carbonyl (C=O) groups is 1. The van der Waals surface area contributed by atoms with E-state index in [-0.39, 0.29) is 12.0 Å². The Kier molecular flexibility index (Phi) is 8.02. The Morgan fingerprint density at radius 1 is 0.865 bits per heavy atom. The van der Waals surface area contributed by atoms with Gasteiger partial charge in [-0.25, -0.2) is 4.79 Å². The second-order valence-electron chi connectivity index (χ2n) is 9.66. The van der Waals surface area contributed by atoms with Crippen LogP contribution in [0.25, 0.3) is 10.8 Å². The fourth-order valence-electron chi connectivity index (χ4n) is 5.09. The summed E-state index contributed by atoms with van der Waals surface area (Å²) in [5, 5.41) is 12.0. The standard InChI is InChI=1S/C32H33NO4/c34-32(35)33-19-18-30(31(22-33)37-23-25-12-13-26-10-4-5-11-28(26)21-25)27-14-16-29(17-15-27)36-20-6-9-24-7-2-1-3-8-24/h1-5,7-8,10-17,21,30-31H,6,9,18-20,22-23H2,(H,34,35). The van der Waals surface area contributed by atoms with Crippen LogP contribution in [0.15, 0.2) is 97.1 Å². The first-order chi connectivity index (χ1) is 18.2. The van der Waals surface area contributed by atoms with Crippen LogP contribution in [0.4, 0.5) is 4.79 Å². The van der Waals surface area contributed by atoms with Crippen LogP contribution in [0, 0.1) is 0 Å². The van der Waals surface area contributed by atoms with Crippen molar-refractivity contribution in [1.29, 1.82) is 0 Å². The highest BCUT2D eigenvalue weighted by atomic mass is 16.5. The van der Waals surface area contributed by atoms with E-state index in [1.165, 1.54) is 21.2 Å². The maximum Gasteiger partial charge on any atom is 0.407 e. The van der Waals surface area contributed by atoms with Gasteiger partial charge in [-0.3, -0.25) is 0 Å². The van der Waals surface area contributed by atoms with Crippen LogP contribution in [-0.2, 0) is 17.8 Å². The largest absolute Gasteiger partial charge is 0.494 e. The Hall–Kier alpha value is -3.83. The zero-order valence-corrected chi connectivity index (χ0v) is 21.0. The van der Waals surface area contributed by atoms with Crippen molar-refractivity contribution in [3.05, 3.63) is 114 Å². The average molecular weight is 496 g/mol. The minimum absolute atomic E-state index is 0.128. The minimum Gasteiger partial charge on any atom is -0.494 e. The van der Waals surface area contributed by atoms with Crippen LogP contribution in [0.1, 0.15) is 35.4 Å². The summed E-state index contributed by atoms with van der Waals surface area (Å²) in [6.07, 6.45) is 1.58. The van der Waals surface area contributed by atoms with Gasteiger partial charge in [-0.1, -0.05) is 78.9 Å². The summed E-state index contributed by atoms with van der Waals surface area (Å²) in [5.74, 6) is 0.983. The van der Waals surface area contributed by atoms with Crippen LogP contribution >= 0.6 is 0 Å². The van der Waals surface area contributed by atoms with Gasteiger partial charge >= 0.3 is 6.09 Å². The van der Waals surface area contributed by atoms with Gasteiger partial charge in [-0.15, -0.1) is 0 Å². The van der Waals surface area contributed by atoms with Gasteiger partial charge in [0.25, 0.3) is 0 Å². The topological polar surface area (TPSA) is 59.0 Å². The molecule has 5 nitrogen and oxygen atoms in total. The van der Waals surface area contributed by atoms with Crippen LogP contribution in [0.3, 0.4) is 0 Å². The van der Waals surface area contributed by atoms with E-state index in [1.54, 1.807) is 0 Å². The first-order valence-electron chi connectivity index (χ1n) is 13.0. The molecule has 4 aromatic carbocycles. The lowest BCUT2D eigenvalue weighted by Crippen LogP contribution is -2.46. The van der Waals surface area contributed by atoms with Gasteiger partial charge in [0.1, 0.15) is 5.75 Å². The number of piperidine rings is 1. The predicted molar refractivity (Wildman–Crippen MR) is 146 cm³/mol. The molecule has 0 bridgehead atoms. The molecule has 5 rings (SSSR count). The summed E-state index contributed by atoms with van der Waals surface area (Å²) in [6.45, 7) is 1.99. The second kappa shape index (κ2) is 11.9. The fourth-order valence-corrected chi connectivity index (χ4v) is 5.09. The Morgan fingerprint density at radius 2 is 1.62 bits per heavy atom. The van der Waals surface area contributed by atoms with Crippen molar-refractivity contribution < 1.29 is 19.4 Å². The smallest absolute Gasteiger partial charge is 0.407 e. The molecule has 1 amide bonds. The first kappa shape index (κ1) is 24.8. The van der Waals surface area contributed by atoms with Gasteiger partial charge in [0.15, 0.2) is 0 Å². The van der Waals surface area contributed by atoms with E-state index >= 15 is 0 Å². The van der Waals surface area contributed by atoms with E-state index in [9.17, 15) is 9.90 Å². The van der Waals surface area contributed by atoms with Gasteiger partial charge < -0.3 is 19.5 Å². The zero-order valence-electron chi connectivity index (χ0n) is 21.0. The quantitative estimate of drug-likeness (QED) is 0.257. The lowest BCUT2D eigenvalue weighted by Gasteiger charge is -2.37. The summed E-state index contributed by atoms with van der Waals surface area (Å²) < 4.78 is 12.3. The molecule has 0 aromatic heterocycles. The highest BCUT2D eigenvalue weighted by Crippen LogP contribution is 2.32. The van der Waals surface area contributed by atoms with Crippen LogP contribution in [-0.4, -0.2) is 41.9 Å². The molecule has 1 N–H and O–H groups in total. The number of benzene rings is 4. The van der Waals surface area contributed by atoms with E-state index < -0.39 is 6.09 Å². The maximum absolute atomic E-state index is 11.7. The average Bonchev–Trinajstić information content (AvgIpc) is 2.95. The third-order valence-electron chi connectivity index (χ3n) is 7.14. The minimum atomic E-state index is -0.892. The molecule has 2 atom stereocenters. The maximum atomic E-state index is 11.7. The van der Waals surface area contributed by atoms with Crippen molar-refractivity contribution >= 4 is 16.9 Å². The molecule has 190 valence electrons. The van der Waals surface area contributed by atoms with Crippen LogP contribution in [0.5, 0.6) is 5.75 Å². The SMILES string of the molecule is O=C(O)N1CCC(c2ccc(OCCCc3ccccc3)cc2)C(OCc2ccc3ccccc3c2)C1. The monoisotopic (exact) mass is 495 g/mol. The zero-order chi connectivity index (χ0) is 25.5. The van der Waals surface area contributed by atoms with E-state index in [1.807, 2.05) is 30.3 Å². The number of likely N-dealkylation sites (tertiary alicyclic amines) is 1. The lowest BCUT2D eigenvalue weighted by molar-refractivity contribution is -0.0199. The molecule has 4 aromatic rings. The van der Waals surface area contributed by atoms with Gasteiger partial charge in [0.2, 0.25) is 0 Å². The molecule has 1 fully saturated rings. The van der Waals surface area contributed by atoms with Crippen molar-refractivity contribution in [3.8, 4) is 5.75 Å². The number of amides is 1. The van der Waals surface area contributed by atoms with E-state index in [0.717, 1.165) is 36.1 Å². The molecule has 0 saturated carbocycles. The van der Waals surface area contributed by atoms with Crippen molar-refractivity contribution in [3.63, 3.8) is 0 Å². The molecule has 0 aliphatic carbocycles. The summed E-state index contributed by atoms with van der Waals surface area (Å²) in [4.78, 5) is 13.1. The van der Waals surface area contributed by atoms with Gasteiger partial charge in [-0.05, 0) is 64.9 Å². The molecule has 1 aliphatic heterocycles. The molecule has 1 heterocycles. The van der Waals surface area contributed by atoms with Crippen molar-refractivity contribution in [1.82, 2.24) is 4.90 Å². The number of carboxylic acid groups (broad SMARTS) is 1. The Bertz CT molecular complexity index is 1310. The lowest BCUT2D eigenvalue weighted by atomic mass is 9.87. The number of rotatable bonds is 9.